The van der Waals surface area contributed by atoms with Gasteiger partial charge in [0.25, 0.3) is 0 Å². The summed E-state index contributed by atoms with van der Waals surface area (Å²) in [6, 6.07) is 10.2. The van der Waals surface area contributed by atoms with Gasteiger partial charge in [0, 0.05) is 32.6 Å². The number of amides is 1. The van der Waals surface area contributed by atoms with Crippen LogP contribution in [-0.2, 0) is 4.79 Å². The van der Waals surface area contributed by atoms with E-state index in [0.29, 0.717) is 6.42 Å². The van der Waals surface area contributed by atoms with Gasteiger partial charge < -0.3 is 10.2 Å². The molecule has 19 heavy (non-hydrogen) atoms. The van der Waals surface area contributed by atoms with Gasteiger partial charge in [-0.2, -0.15) is 0 Å². The second kappa shape index (κ2) is 9.34. The number of hydrogen-bond donors (Lipinski definition) is 1. The molecular formula is C16H24N2O. The zero-order valence-electron chi connectivity index (χ0n) is 11.9. The Morgan fingerprint density at radius 3 is 2.53 bits per heavy atom. The van der Waals surface area contributed by atoms with Gasteiger partial charge in [-0.25, -0.2) is 0 Å². The van der Waals surface area contributed by atoms with Crippen LogP contribution in [0, 0.1) is 0 Å². The second-order valence-electron chi connectivity index (χ2n) is 4.33. The minimum Gasteiger partial charge on any atom is -0.343 e. The smallest absolute Gasteiger partial charge is 0.223 e. The number of nitrogens with zero attached hydrogens (tertiary/aromatic N) is 1. The lowest BCUT2D eigenvalue weighted by atomic mass is 10.2. The maximum absolute atomic E-state index is 11.7. The second-order valence-corrected chi connectivity index (χ2v) is 4.33. The number of carbonyl (C=O) groups excluding carboxylic acids is 1. The summed E-state index contributed by atoms with van der Waals surface area (Å²) in [6.45, 7) is 7.14. The maximum Gasteiger partial charge on any atom is 0.223 e. The van der Waals surface area contributed by atoms with Crippen molar-refractivity contribution in [3.05, 3.63) is 42.0 Å². The Labute approximate surface area is 116 Å². The van der Waals surface area contributed by atoms with Crippen molar-refractivity contribution < 1.29 is 4.79 Å². The van der Waals surface area contributed by atoms with E-state index < -0.39 is 0 Å². The zero-order chi connectivity index (χ0) is 13.9. The molecule has 0 radical (unpaired) electrons. The van der Waals surface area contributed by atoms with Crippen molar-refractivity contribution >= 4 is 12.0 Å². The average molecular weight is 260 g/mol. The molecule has 0 atom stereocenters. The van der Waals surface area contributed by atoms with Crippen LogP contribution in [0.4, 0.5) is 0 Å². The summed E-state index contributed by atoms with van der Waals surface area (Å²) in [5.74, 6) is 0.226. The van der Waals surface area contributed by atoms with Crippen molar-refractivity contribution in [2.24, 2.45) is 0 Å². The molecule has 0 aliphatic heterocycles. The van der Waals surface area contributed by atoms with E-state index >= 15 is 0 Å². The van der Waals surface area contributed by atoms with Crippen molar-refractivity contribution in [1.29, 1.82) is 0 Å². The zero-order valence-corrected chi connectivity index (χ0v) is 11.9. The predicted octanol–water partition coefficient (Wildman–Crippen LogP) is 2.55. The molecule has 0 aliphatic rings. The third-order valence-electron chi connectivity index (χ3n) is 3.00. The molecular weight excluding hydrogens is 236 g/mol. The van der Waals surface area contributed by atoms with Crippen LogP contribution in [0.1, 0.15) is 25.8 Å². The predicted molar refractivity (Wildman–Crippen MR) is 80.9 cm³/mol. The minimum atomic E-state index is 0.226. The quantitative estimate of drug-likeness (QED) is 0.729. The van der Waals surface area contributed by atoms with Crippen molar-refractivity contribution in [2.75, 3.05) is 26.2 Å². The summed E-state index contributed by atoms with van der Waals surface area (Å²) in [6.07, 6.45) is 4.73. The van der Waals surface area contributed by atoms with Crippen LogP contribution in [0.5, 0.6) is 0 Å². The Kier molecular flexibility index (Phi) is 7.59. The highest BCUT2D eigenvalue weighted by Crippen LogP contribution is 2.00. The van der Waals surface area contributed by atoms with E-state index in [9.17, 15) is 4.79 Å². The first kappa shape index (κ1) is 15.4. The molecule has 104 valence electrons. The first-order chi connectivity index (χ1) is 9.27. The van der Waals surface area contributed by atoms with Crippen LogP contribution in [0.3, 0.4) is 0 Å². The Hall–Kier alpha value is -1.61. The molecule has 0 aromatic heterocycles. The number of carbonyl (C=O) groups is 1. The normalized spacial score (nSPS) is 10.8. The summed E-state index contributed by atoms with van der Waals surface area (Å²) in [7, 11) is 0. The van der Waals surface area contributed by atoms with E-state index in [1.807, 2.05) is 36.9 Å². The van der Waals surface area contributed by atoms with Crippen molar-refractivity contribution in [3.8, 4) is 0 Å². The molecule has 0 aliphatic carbocycles. The first-order valence-corrected chi connectivity index (χ1v) is 6.98. The van der Waals surface area contributed by atoms with Gasteiger partial charge in [0.05, 0.1) is 0 Å². The molecule has 1 aromatic carbocycles. The highest BCUT2D eigenvalue weighted by atomic mass is 16.2. The summed E-state index contributed by atoms with van der Waals surface area (Å²) in [5.41, 5.74) is 1.20. The van der Waals surface area contributed by atoms with Crippen LogP contribution < -0.4 is 5.32 Å². The largest absolute Gasteiger partial charge is 0.343 e. The van der Waals surface area contributed by atoms with Gasteiger partial charge in [-0.05, 0) is 19.4 Å². The van der Waals surface area contributed by atoms with E-state index in [4.69, 9.17) is 0 Å². The lowest BCUT2D eigenvalue weighted by Crippen LogP contribution is -2.32. The molecule has 0 spiro atoms. The van der Waals surface area contributed by atoms with Crippen LogP contribution in [-0.4, -0.2) is 37.0 Å². The number of benzene rings is 1. The number of rotatable bonds is 8. The summed E-state index contributed by atoms with van der Waals surface area (Å²) >= 11 is 0. The van der Waals surface area contributed by atoms with Gasteiger partial charge in [-0.15, -0.1) is 0 Å². The van der Waals surface area contributed by atoms with Crippen LogP contribution in [0.25, 0.3) is 6.08 Å². The SMILES string of the molecule is CCN(CC)C(=O)CCNC/C=C/c1ccccc1. The van der Waals surface area contributed by atoms with Gasteiger partial charge >= 0.3 is 0 Å². The first-order valence-electron chi connectivity index (χ1n) is 6.98. The molecule has 0 bridgehead atoms. The number of hydrogen-bond acceptors (Lipinski definition) is 2. The Bertz CT molecular complexity index is 383. The summed E-state index contributed by atoms with van der Waals surface area (Å²) < 4.78 is 0. The van der Waals surface area contributed by atoms with Crippen molar-refractivity contribution in [1.82, 2.24) is 10.2 Å². The molecule has 1 N–H and O–H groups in total. The third-order valence-corrected chi connectivity index (χ3v) is 3.00. The van der Waals surface area contributed by atoms with E-state index in [1.54, 1.807) is 0 Å². The molecule has 1 rings (SSSR count). The van der Waals surface area contributed by atoms with Crippen LogP contribution >= 0.6 is 0 Å². The van der Waals surface area contributed by atoms with E-state index in [-0.39, 0.29) is 5.91 Å². The lowest BCUT2D eigenvalue weighted by Gasteiger charge is -2.18. The standard InChI is InChI=1S/C16H24N2O/c1-3-18(4-2)16(19)12-14-17-13-8-11-15-9-6-5-7-10-15/h5-11,17H,3-4,12-14H2,1-2H3/b11-8+. The molecule has 0 heterocycles. The van der Waals surface area contributed by atoms with Crippen molar-refractivity contribution in [3.63, 3.8) is 0 Å². The Morgan fingerprint density at radius 2 is 1.89 bits per heavy atom. The molecule has 0 fully saturated rings. The third kappa shape index (κ3) is 6.20. The molecule has 1 amide bonds. The van der Waals surface area contributed by atoms with E-state index in [2.05, 4.69) is 29.6 Å². The average Bonchev–Trinajstić information content (AvgIpc) is 2.45. The van der Waals surface area contributed by atoms with E-state index in [0.717, 1.165) is 26.2 Å². The van der Waals surface area contributed by atoms with Crippen LogP contribution in [0.15, 0.2) is 36.4 Å². The van der Waals surface area contributed by atoms with Gasteiger partial charge in [-0.3, -0.25) is 4.79 Å². The molecule has 0 unspecified atom stereocenters. The Morgan fingerprint density at radius 1 is 1.21 bits per heavy atom. The van der Waals surface area contributed by atoms with Gasteiger partial charge in [0.1, 0.15) is 0 Å². The molecule has 0 saturated carbocycles. The van der Waals surface area contributed by atoms with E-state index in [1.165, 1.54) is 5.56 Å². The number of nitrogens with one attached hydrogen (secondary N) is 1. The molecule has 3 nitrogen and oxygen atoms in total. The van der Waals surface area contributed by atoms with Gasteiger partial charge in [0.2, 0.25) is 5.91 Å². The molecule has 1 aromatic rings. The topological polar surface area (TPSA) is 32.3 Å². The van der Waals surface area contributed by atoms with Gasteiger partial charge in [-0.1, -0.05) is 42.5 Å². The Balaban J connectivity index is 2.15. The van der Waals surface area contributed by atoms with Crippen LogP contribution in [0.2, 0.25) is 0 Å². The fourth-order valence-electron chi connectivity index (χ4n) is 1.87. The minimum absolute atomic E-state index is 0.226. The maximum atomic E-state index is 11.7. The summed E-state index contributed by atoms with van der Waals surface area (Å²) in [5, 5.41) is 3.26. The fraction of sp³-hybridized carbons (Fsp3) is 0.438. The monoisotopic (exact) mass is 260 g/mol. The van der Waals surface area contributed by atoms with Gasteiger partial charge in [0.15, 0.2) is 0 Å². The lowest BCUT2D eigenvalue weighted by molar-refractivity contribution is -0.130. The molecule has 0 saturated heterocycles. The highest BCUT2D eigenvalue weighted by molar-refractivity contribution is 5.76. The highest BCUT2D eigenvalue weighted by Gasteiger charge is 2.07. The fourth-order valence-corrected chi connectivity index (χ4v) is 1.87. The molecule has 3 heteroatoms. The summed E-state index contributed by atoms with van der Waals surface area (Å²) in [4.78, 5) is 13.6. The van der Waals surface area contributed by atoms with Crippen molar-refractivity contribution in [2.45, 2.75) is 20.3 Å².